The second-order valence-corrected chi connectivity index (χ2v) is 5.62. The van der Waals surface area contributed by atoms with Crippen LogP contribution >= 0.6 is 0 Å². The molecule has 2 aromatic rings. The largest absolute Gasteiger partial charge is 0.493 e. The minimum absolute atomic E-state index is 0.169. The van der Waals surface area contributed by atoms with Crippen LogP contribution in [-0.2, 0) is 6.54 Å². The first kappa shape index (κ1) is 18.6. The van der Waals surface area contributed by atoms with Gasteiger partial charge in [0.25, 0.3) is 0 Å². The van der Waals surface area contributed by atoms with Gasteiger partial charge in [0.15, 0.2) is 17.5 Å². The van der Waals surface area contributed by atoms with Gasteiger partial charge in [-0.1, -0.05) is 36.4 Å². The molecule has 0 aliphatic carbocycles. The second kappa shape index (κ2) is 9.57. The molecule has 0 amide bonds. The molecule has 0 bridgehead atoms. The van der Waals surface area contributed by atoms with Gasteiger partial charge in [-0.2, -0.15) is 0 Å². The summed E-state index contributed by atoms with van der Waals surface area (Å²) in [6, 6.07) is 16.4. The zero-order valence-corrected chi connectivity index (χ0v) is 15.4. The Morgan fingerprint density at radius 2 is 1.88 bits per heavy atom. The van der Waals surface area contributed by atoms with Crippen LogP contribution in [0.3, 0.4) is 0 Å². The van der Waals surface area contributed by atoms with Crippen LogP contribution in [0.1, 0.15) is 31.0 Å². The summed E-state index contributed by atoms with van der Waals surface area (Å²) in [5, 5.41) is 6.73. The van der Waals surface area contributed by atoms with E-state index in [0.29, 0.717) is 13.2 Å². The normalized spacial score (nSPS) is 12.4. The predicted molar refractivity (Wildman–Crippen MR) is 102 cm³/mol. The Kier molecular flexibility index (Phi) is 7.14. The van der Waals surface area contributed by atoms with Crippen molar-refractivity contribution in [2.75, 3.05) is 20.8 Å². The number of benzene rings is 2. The molecule has 5 nitrogen and oxygen atoms in total. The van der Waals surface area contributed by atoms with Crippen molar-refractivity contribution in [2.45, 2.75) is 26.4 Å². The fourth-order valence-corrected chi connectivity index (χ4v) is 2.51. The molecule has 134 valence electrons. The van der Waals surface area contributed by atoms with E-state index in [1.807, 2.05) is 43.3 Å². The van der Waals surface area contributed by atoms with Crippen molar-refractivity contribution in [3.8, 4) is 11.5 Å². The molecule has 0 heterocycles. The molecule has 1 atom stereocenters. The van der Waals surface area contributed by atoms with Crippen molar-refractivity contribution in [3.05, 3.63) is 59.7 Å². The lowest BCUT2D eigenvalue weighted by atomic mass is 10.1. The first-order valence-corrected chi connectivity index (χ1v) is 8.49. The second-order valence-electron chi connectivity index (χ2n) is 5.62. The van der Waals surface area contributed by atoms with Crippen LogP contribution in [0, 0.1) is 0 Å². The number of guanidine groups is 1. The van der Waals surface area contributed by atoms with Gasteiger partial charge in [-0.05, 0) is 37.1 Å². The monoisotopic (exact) mass is 341 g/mol. The topological polar surface area (TPSA) is 54.9 Å². The fourth-order valence-electron chi connectivity index (χ4n) is 2.51. The standard InChI is InChI=1S/C20H27N3O2/c1-5-25-18-12-11-16(13-19(18)24-4)14-22-20(21-3)23-15(2)17-9-7-6-8-10-17/h6-13,15H,5,14H2,1-4H3,(H2,21,22,23). The molecule has 0 saturated heterocycles. The van der Waals surface area contributed by atoms with Gasteiger partial charge >= 0.3 is 0 Å². The summed E-state index contributed by atoms with van der Waals surface area (Å²) in [5.74, 6) is 2.25. The van der Waals surface area contributed by atoms with Crippen LogP contribution in [0.25, 0.3) is 0 Å². The van der Waals surface area contributed by atoms with Gasteiger partial charge in [0.2, 0.25) is 0 Å². The van der Waals surface area contributed by atoms with Crippen molar-refractivity contribution >= 4 is 5.96 Å². The van der Waals surface area contributed by atoms with Gasteiger partial charge < -0.3 is 20.1 Å². The Morgan fingerprint density at radius 1 is 1.12 bits per heavy atom. The summed E-state index contributed by atoms with van der Waals surface area (Å²) in [5.41, 5.74) is 2.31. The van der Waals surface area contributed by atoms with Crippen molar-refractivity contribution in [2.24, 2.45) is 4.99 Å². The number of nitrogens with zero attached hydrogens (tertiary/aromatic N) is 1. The van der Waals surface area contributed by atoms with Gasteiger partial charge in [0, 0.05) is 13.6 Å². The van der Waals surface area contributed by atoms with Gasteiger partial charge in [-0.3, -0.25) is 4.99 Å². The van der Waals surface area contributed by atoms with E-state index in [4.69, 9.17) is 9.47 Å². The highest BCUT2D eigenvalue weighted by Gasteiger charge is 2.09. The predicted octanol–water partition coefficient (Wildman–Crippen LogP) is 3.52. The summed E-state index contributed by atoms with van der Waals surface area (Å²) >= 11 is 0. The summed E-state index contributed by atoms with van der Waals surface area (Å²) in [4.78, 5) is 4.30. The van der Waals surface area contributed by atoms with Crippen molar-refractivity contribution in [1.29, 1.82) is 0 Å². The van der Waals surface area contributed by atoms with Crippen LogP contribution in [0.5, 0.6) is 11.5 Å². The highest BCUT2D eigenvalue weighted by Crippen LogP contribution is 2.27. The molecule has 0 aromatic heterocycles. The molecule has 2 aromatic carbocycles. The van der Waals surface area contributed by atoms with E-state index >= 15 is 0 Å². The van der Waals surface area contributed by atoms with Gasteiger partial charge in [-0.15, -0.1) is 0 Å². The van der Waals surface area contributed by atoms with Crippen LogP contribution in [0.4, 0.5) is 0 Å². The van der Waals surface area contributed by atoms with E-state index in [2.05, 4.69) is 34.7 Å². The molecule has 0 saturated carbocycles. The Morgan fingerprint density at radius 3 is 2.52 bits per heavy atom. The highest BCUT2D eigenvalue weighted by molar-refractivity contribution is 5.80. The highest BCUT2D eigenvalue weighted by atomic mass is 16.5. The van der Waals surface area contributed by atoms with E-state index in [9.17, 15) is 0 Å². The molecule has 0 radical (unpaired) electrons. The van der Waals surface area contributed by atoms with Crippen LogP contribution in [0.2, 0.25) is 0 Å². The zero-order chi connectivity index (χ0) is 18.1. The smallest absolute Gasteiger partial charge is 0.191 e. The molecule has 1 unspecified atom stereocenters. The lowest BCUT2D eigenvalue weighted by molar-refractivity contribution is 0.310. The van der Waals surface area contributed by atoms with Crippen molar-refractivity contribution in [3.63, 3.8) is 0 Å². The Hall–Kier alpha value is -2.69. The zero-order valence-electron chi connectivity index (χ0n) is 15.4. The first-order valence-electron chi connectivity index (χ1n) is 8.49. The third kappa shape index (κ3) is 5.41. The molecule has 2 N–H and O–H groups in total. The summed E-state index contributed by atoms with van der Waals surface area (Å²) < 4.78 is 10.9. The minimum Gasteiger partial charge on any atom is -0.493 e. The molecule has 25 heavy (non-hydrogen) atoms. The van der Waals surface area contributed by atoms with Crippen LogP contribution in [-0.4, -0.2) is 26.7 Å². The average Bonchev–Trinajstić information content (AvgIpc) is 2.66. The maximum atomic E-state index is 5.55. The lowest BCUT2D eigenvalue weighted by Gasteiger charge is -2.18. The maximum absolute atomic E-state index is 5.55. The van der Waals surface area contributed by atoms with Crippen LogP contribution in [0.15, 0.2) is 53.5 Å². The quantitative estimate of drug-likeness (QED) is 0.598. The SMILES string of the molecule is CCOc1ccc(CNC(=NC)NC(C)c2ccccc2)cc1OC. The summed E-state index contributed by atoms with van der Waals surface area (Å²) in [7, 11) is 3.42. The molecule has 0 aliphatic heterocycles. The van der Waals surface area contributed by atoms with E-state index < -0.39 is 0 Å². The molecule has 5 heteroatoms. The molecular formula is C20H27N3O2. The average molecular weight is 341 g/mol. The van der Waals surface area contributed by atoms with E-state index in [0.717, 1.165) is 23.0 Å². The number of methoxy groups -OCH3 is 1. The maximum Gasteiger partial charge on any atom is 0.191 e. The number of hydrogen-bond acceptors (Lipinski definition) is 3. The van der Waals surface area contributed by atoms with E-state index in [-0.39, 0.29) is 6.04 Å². The summed E-state index contributed by atoms with van der Waals surface area (Å²) in [6.45, 7) is 5.33. The molecule has 0 fully saturated rings. The number of rotatable bonds is 7. The lowest BCUT2D eigenvalue weighted by Crippen LogP contribution is -2.38. The number of nitrogens with one attached hydrogen (secondary N) is 2. The third-order valence-electron chi connectivity index (χ3n) is 3.86. The molecular weight excluding hydrogens is 314 g/mol. The molecule has 0 aliphatic rings. The minimum atomic E-state index is 0.169. The van der Waals surface area contributed by atoms with E-state index in [1.54, 1.807) is 14.2 Å². The number of ether oxygens (including phenoxy) is 2. The Labute approximate surface area is 150 Å². The third-order valence-corrected chi connectivity index (χ3v) is 3.86. The number of hydrogen-bond donors (Lipinski definition) is 2. The first-order chi connectivity index (χ1) is 12.2. The molecule has 2 rings (SSSR count). The van der Waals surface area contributed by atoms with Crippen molar-refractivity contribution in [1.82, 2.24) is 10.6 Å². The fraction of sp³-hybridized carbons (Fsp3) is 0.350. The van der Waals surface area contributed by atoms with Crippen molar-refractivity contribution < 1.29 is 9.47 Å². The number of aliphatic imine (C=N–C) groups is 1. The van der Waals surface area contributed by atoms with Crippen LogP contribution < -0.4 is 20.1 Å². The summed E-state index contributed by atoms with van der Waals surface area (Å²) in [6.07, 6.45) is 0. The molecule has 0 spiro atoms. The van der Waals surface area contributed by atoms with Gasteiger partial charge in [0.05, 0.1) is 19.8 Å². The Bertz CT molecular complexity index is 687. The Balaban J connectivity index is 1.96. The van der Waals surface area contributed by atoms with E-state index in [1.165, 1.54) is 5.56 Å². The van der Waals surface area contributed by atoms with Gasteiger partial charge in [-0.25, -0.2) is 0 Å². The van der Waals surface area contributed by atoms with Gasteiger partial charge in [0.1, 0.15) is 0 Å².